The number of nitrogens with one attached hydrogen (secondary N) is 1. The van der Waals surface area contributed by atoms with Gasteiger partial charge in [-0.25, -0.2) is 4.79 Å². The van der Waals surface area contributed by atoms with Crippen LogP contribution in [0, 0.1) is 0 Å². The SMILES string of the molecule is COC(=O)c1cc(OC2CCNC2)cn1C. The van der Waals surface area contributed by atoms with E-state index in [1.807, 2.05) is 0 Å². The van der Waals surface area contributed by atoms with E-state index in [4.69, 9.17) is 4.74 Å². The van der Waals surface area contributed by atoms with Crippen LogP contribution in [0.3, 0.4) is 0 Å². The molecule has 5 heteroatoms. The third kappa shape index (κ3) is 2.19. The third-order valence-corrected chi connectivity index (χ3v) is 2.69. The van der Waals surface area contributed by atoms with Gasteiger partial charge < -0.3 is 19.4 Å². The van der Waals surface area contributed by atoms with Crippen molar-refractivity contribution >= 4 is 5.97 Å². The summed E-state index contributed by atoms with van der Waals surface area (Å²) in [6.45, 7) is 1.85. The molecule has 0 saturated carbocycles. The number of hydrogen-bond acceptors (Lipinski definition) is 4. The van der Waals surface area contributed by atoms with Gasteiger partial charge in [0.15, 0.2) is 0 Å². The lowest BCUT2D eigenvalue weighted by Gasteiger charge is -2.09. The minimum Gasteiger partial charge on any atom is -0.487 e. The lowest BCUT2D eigenvalue weighted by atomic mass is 10.3. The molecule has 0 bridgehead atoms. The molecule has 0 amide bonds. The smallest absolute Gasteiger partial charge is 0.354 e. The van der Waals surface area contributed by atoms with Gasteiger partial charge in [0.25, 0.3) is 0 Å². The Kier molecular flexibility index (Phi) is 3.14. The van der Waals surface area contributed by atoms with Gasteiger partial charge >= 0.3 is 5.97 Å². The minimum absolute atomic E-state index is 0.202. The van der Waals surface area contributed by atoms with Crippen LogP contribution in [-0.2, 0) is 11.8 Å². The van der Waals surface area contributed by atoms with Crippen LogP contribution in [0.4, 0.5) is 0 Å². The van der Waals surface area contributed by atoms with E-state index in [0.29, 0.717) is 5.69 Å². The topological polar surface area (TPSA) is 52.5 Å². The molecule has 2 rings (SSSR count). The number of rotatable bonds is 3. The van der Waals surface area contributed by atoms with Crippen LogP contribution >= 0.6 is 0 Å². The van der Waals surface area contributed by atoms with E-state index in [9.17, 15) is 4.79 Å². The first kappa shape index (κ1) is 11.0. The summed E-state index contributed by atoms with van der Waals surface area (Å²) in [5, 5.41) is 3.22. The number of methoxy groups -OCH3 is 1. The summed E-state index contributed by atoms with van der Waals surface area (Å²) in [6.07, 6.45) is 3.00. The number of ether oxygens (including phenoxy) is 2. The summed E-state index contributed by atoms with van der Waals surface area (Å²) in [6, 6.07) is 1.71. The Labute approximate surface area is 94.3 Å². The first-order valence-electron chi connectivity index (χ1n) is 5.32. The largest absolute Gasteiger partial charge is 0.487 e. The van der Waals surface area contributed by atoms with Gasteiger partial charge in [-0.15, -0.1) is 0 Å². The monoisotopic (exact) mass is 224 g/mol. The average molecular weight is 224 g/mol. The summed E-state index contributed by atoms with van der Waals surface area (Å²) in [7, 11) is 3.17. The fourth-order valence-electron chi connectivity index (χ4n) is 1.83. The molecule has 1 aliphatic rings. The van der Waals surface area contributed by atoms with Crippen LogP contribution in [0.5, 0.6) is 5.75 Å². The first-order chi connectivity index (χ1) is 7.70. The van der Waals surface area contributed by atoms with Crippen LogP contribution in [0.1, 0.15) is 16.9 Å². The van der Waals surface area contributed by atoms with Crippen LogP contribution in [0.2, 0.25) is 0 Å². The molecule has 0 spiro atoms. The summed E-state index contributed by atoms with van der Waals surface area (Å²) >= 11 is 0. The maximum Gasteiger partial charge on any atom is 0.354 e. The van der Waals surface area contributed by atoms with Crippen LogP contribution in [-0.4, -0.2) is 36.8 Å². The molecule has 2 heterocycles. The number of nitrogens with zero attached hydrogens (tertiary/aromatic N) is 1. The van der Waals surface area contributed by atoms with Crippen molar-refractivity contribution in [3.8, 4) is 5.75 Å². The molecular weight excluding hydrogens is 208 g/mol. The molecule has 88 valence electrons. The Balaban J connectivity index is 2.07. The van der Waals surface area contributed by atoms with Gasteiger partial charge in [-0.2, -0.15) is 0 Å². The number of carbonyl (C=O) groups is 1. The maximum absolute atomic E-state index is 11.4. The highest BCUT2D eigenvalue weighted by molar-refractivity contribution is 5.88. The van der Waals surface area contributed by atoms with Crippen molar-refractivity contribution in [3.05, 3.63) is 18.0 Å². The van der Waals surface area contributed by atoms with Crippen molar-refractivity contribution in [1.29, 1.82) is 0 Å². The van der Waals surface area contributed by atoms with E-state index in [2.05, 4.69) is 10.1 Å². The predicted molar refractivity (Wildman–Crippen MR) is 58.7 cm³/mol. The van der Waals surface area contributed by atoms with Gasteiger partial charge in [0.05, 0.1) is 7.11 Å². The van der Waals surface area contributed by atoms with Gasteiger partial charge in [0, 0.05) is 25.9 Å². The van der Waals surface area contributed by atoms with Crippen LogP contribution in [0.15, 0.2) is 12.3 Å². The molecule has 1 aliphatic heterocycles. The van der Waals surface area contributed by atoms with E-state index in [1.165, 1.54) is 7.11 Å². The molecular formula is C11H16N2O3. The van der Waals surface area contributed by atoms with E-state index in [0.717, 1.165) is 25.3 Å². The zero-order valence-electron chi connectivity index (χ0n) is 9.53. The molecule has 1 fully saturated rings. The van der Waals surface area contributed by atoms with Gasteiger partial charge in [0.1, 0.15) is 17.5 Å². The summed E-state index contributed by atoms with van der Waals surface area (Å²) in [4.78, 5) is 11.4. The van der Waals surface area contributed by atoms with Crippen molar-refractivity contribution < 1.29 is 14.3 Å². The molecule has 1 atom stereocenters. The fraction of sp³-hybridized carbons (Fsp3) is 0.545. The summed E-state index contributed by atoms with van der Waals surface area (Å²) in [5.74, 6) is 0.374. The lowest BCUT2D eigenvalue weighted by molar-refractivity contribution is 0.0589. The first-order valence-corrected chi connectivity index (χ1v) is 5.32. The molecule has 1 N–H and O–H groups in total. The van der Waals surface area contributed by atoms with Gasteiger partial charge in [-0.1, -0.05) is 0 Å². The van der Waals surface area contributed by atoms with Gasteiger partial charge in [-0.05, 0) is 13.0 Å². The fourth-order valence-corrected chi connectivity index (χ4v) is 1.83. The van der Waals surface area contributed by atoms with Gasteiger partial charge in [-0.3, -0.25) is 0 Å². The van der Waals surface area contributed by atoms with Crippen LogP contribution in [0.25, 0.3) is 0 Å². The Morgan fingerprint density at radius 3 is 3.06 bits per heavy atom. The zero-order valence-corrected chi connectivity index (χ0v) is 9.53. The van der Waals surface area contributed by atoms with Crippen molar-refractivity contribution in [2.75, 3.05) is 20.2 Å². The molecule has 1 aromatic rings. The minimum atomic E-state index is -0.345. The Morgan fingerprint density at radius 1 is 1.62 bits per heavy atom. The van der Waals surface area contributed by atoms with Crippen molar-refractivity contribution in [2.45, 2.75) is 12.5 Å². The molecule has 0 aromatic carbocycles. The normalized spacial score (nSPS) is 19.8. The highest BCUT2D eigenvalue weighted by atomic mass is 16.5. The number of esters is 1. The highest BCUT2D eigenvalue weighted by Gasteiger charge is 2.18. The molecule has 0 radical (unpaired) electrons. The standard InChI is InChI=1S/C11H16N2O3/c1-13-7-9(5-10(13)11(14)15-2)16-8-3-4-12-6-8/h5,7-8,12H,3-4,6H2,1-2H3. The summed E-state index contributed by atoms with van der Waals surface area (Å²) < 4.78 is 12.1. The Morgan fingerprint density at radius 2 is 2.44 bits per heavy atom. The van der Waals surface area contributed by atoms with Gasteiger partial charge in [0.2, 0.25) is 0 Å². The maximum atomic E-state index is 11.4. The number of aromatic nitrogens is 1. The predicted octanol–water partition coefficient (Wildman–Crippen LogP) is 0.552. The number of carbonyl (C=O) groups excluding carboxylic acids is 1. The van der Waals surface area contributed by atoms with Crippen molar-refractivity contribution in [1.82, 2.24) is 9.88 Å². The second-order valence-electron chi connectivity index (χ2n) is 3.90. The van der Waals surface area contributed by atoms with Crippen molar-refractivity contribution in [2.24, 2.45) is 7.05 Å². The average Bonchev–Trinajstić information content (AvgIpc) is 2.88. The van der Waals surface area contributed by atoms with E-state index >= 15 is 0 Å². The van der Waals surface area contributed by atoms with E-state index in [-0.39, 0.29) is 12.1 Å². The molecule has 5 nitrogen and oxygen atoms in total. The highest BCUT2D eigenvalue weighted by Crippen LogP contribution is 2.19. The van der Waals surface area contributed by atoms with E-state index < -0.39 is 0 Å². The Hall–Kier alpha value is -1.49. The molecule has 16 heavy (non-hydrogen) atoms. The Bertz CT molecular complexity index is 381. The van der Waals surface area contributed by atoms with Crippen LogP contribution < -0.4 is 10.1 Å². The zero-order chi connectivity index (χ0) is 11.5. The molecule has 1 unspecified atom stereocenters. The summed E-state index contributed by atoms with van der Waals surface area (Å²) in [5.41, 5.74) is 0.503. The molecule has 1 saturated heterocycles. The van der Waals surface area contributed by atoms with Crippen molar-refractivity contribution in [3.63, 3.8) is 0 Å². The third-order valence-electron chi connectivity index (χ3n) is 2.69. The second-order valence-corrected chi connectivity index (χ2v) is 3.90. The lowest BCUT2D eigenvalue weighted by Crippen LogP contribution is -2.19. The molecule has 0 aliphatic carbocycles. The second kappa shape index (κ2) is 4.57. The number of hydrogen-bond donors (Lipinski definition) is 1. The number of aryl methyl sites for hydroxylation is 1. The molecule has 1 aromatic heterocycles. The quantitative estimate of drug-likeness (QED) is 0.762. The van der Waals surface area contributed by atoms with E-state index in [1.54, 1.807) is 23.9 Å².